The molecule has 0 atom stereocenters. The van der Waals surface area contributed by atoms with Crippen LogP contribution in [-0.2, 0) is 0 Å². The van der Waals surface area contributed by atoms with Gasteiger partial charge in [-0.15, -0.1) is 16.7 Å². The van der Waals surface area contributed by atoms with E-state index in [0.29, 0.717) is 24.2 Å². The number of hydrogen-bond acceptors (Lipinski definition) is 4. The van der Waals surface area contributed by atoms with Gasteiger partial charge in [0.25, 0.3) is 5.78 Å². The fourth-order valence-electron chi connectivity index (χ4n) is 1.40. The van der Waals surface area contributed by atoms with Gasteiger partial charge in [0.1, 0.15) is 0 Å². The third kappa shape index (κ3) is 2.02. The number of nitrogens with zero attached hydrogens (tertiary/aromatic N) is 4. The molecule has 0 aromatic carbocycles. The average Bonchev–Trinajstić information content (AvgIpc) is 2.57. The predicted octanol–water partition coefficient (Wildman–Crippen LogP) is 1.39. The Bertz CT molecular complexity index is 479. The summed E-state index contributed by atoms with van der Waals surface area (Å²) in [6, 6.07) is 1.97. The van der Waals surface area contributed by atoms with E-state index in [1.807, 2.05) is 19.9 Å². The molecule has 5 nitrogen and oxygen atoms in total. The lowest BCUT2D eigenvalue weighted by Gasteiger charge is -1.97. The molecule has 0 saturated carbocycles. The fraction of sp³-hybridized carbons (Fsp3) is 0.444. The van der Waals surface area contributed by atoms with Crippen LogP contribution in [0.15, 0.2) is 6.07 Å². The van der Waals surface area contributed by atoms with Crippen molar-refractivity contribution in [1.82, 2.24) is 19.6 Å². The zero-order valence-corrected chi connectivity index (χ0v) is 9.41. The summed E-state index contributed by atoms with van der Waals surface area (Å²) in [5, 5.41) is 7.28. The smallest absolute Gasteiger partial charge is 0.254 e. The number of aromatic nitrogens is 4. The van der Waals surface area contributed by atoms with E-state index in [1.54, 1.807) is 4.52 Å². The number of anilines is 1. The van der Waals surface area contributed by atoms with Gasteiger partial charge in [0.05, 0.1) is 0 Å². The largest absolute Gasteiger partial charge is 0.352 e. The van der Waals surface area contributed by atoms with Crippen molar-refractivity contribution in [2.75, 3.05) is 17.7 Å². The standard InChI is InChI=1S/C9H12ClN5/c1-6-5-7(2)15-9(12-6)13-8(14-15)11-4-3-10/h5H,3-4H2,1-2H3,(H,11,14). The maximum absolute atomic E-state index is 5.57. The molecule has 2 heterocycles. The van der Waals surface area contributed by atoms with Gasteiger partial charge < -0.3 is 5.32 Å². The van der Waals surface area contributed by atoms with Crippen molar-refractivity contribution in [3.63, 3.8) is 0 Å². The van der Waals surface area contributed by atoms with E-state index in [4.69, 9.17) is 11.6 Å². The highest BCUT2D eigenvalue weighted by Gasteiger charge is 2.06. The molecule has 0 radical (unpaired) electrons. The monoisotopic (exact) mass is 225 g/mol. The number of fused-ring (bicyclic) bond motifs is 1. The number of aryl methyl sites for hydroxylation is 2. The van der Waals surface area contributed by atoms with Crippen LogP contribution < -0.4 is 5.32 Å². The molecule has 0 unspecified atom stereocenters. The Morgan fingerprint density at radius 1 is 1.40 bits per heavy atom. The van der Waals surface area contributed by atoms with Crippen LogP contribution >= 0.6 is 11.6 Å². The minimum Gasteiger partial charge on any atom is -0.352 e. The van der Waals surface area contributed by atoms with Crippen molar-refractivity contribution in [2.24, 2.45) is 0 Å². The molecular formula is C9H12ClN5. The molecule has 15 heavy (non-hydrogen) atoms. The van der Waals surface area contributed by atoms with E-state index in [0.717, 1.165) is 11.4 Å². The van der Waals surface area contributed by atoms with Crippen molar-refractivity contribution in [3.05, 3.63) is 17.5 Å². The second-order valence-electron chi connectivity index (χ2n) is 3.30. The summed E-state index contributed by atoms with van der Waals surface area (Å²) in [4.78, 5) is 8.52. The van der Waals surface area contributed by atoms with Crippen LogP contribution in [0.1, 0.15) is 11.4 Å². The molecule has 1 N–H and O–H groups in total. The minimum atomic E-state index is 0.529. The summed E-state index contributed by atoms with van der Waals surface area (Å²) < 4.78 is 1.71. The van der Waals surface area contributed by atoms with E-state index in [-0.39, 0.29) is 0 Å². The summed E-state index contributed by atoms with van der Waals surface area (Å²) in [5.74, 6) is 1.71. The average molecular weight is 226 g/mol. The van der Waals surface area contributed by atoms with Gasteiger partial charge >= 0.3 is 0 Å². The van der Waals surface area contributed by atoms with Crippen molar-refractivity contribution < 1.29 is 0 Å². The molecule has 0 aliphatic carbocycles. The van der Waals surface area contributed by atoms with Gasteiger partial charge in [0, 0.05) is 23.8 Å². The molecule has 6 heteroatoms. The first-order valence-corrected chi connectivity index (χ1v) is 5.25. The van der Waals surface area contributed by atoms with E-state index in [2.05, 4.69) is 20.4 Å². The van der Waals surface area contributed by atoms with Gasteiger partial charge in [-0.25, -0.2) is 4.98 Å². The van der Waals surface area contributed by atoms with Gasteiger partial charge in [-0.1, -0.05) is 0 Å². The van der Waals surface area contributed by atoms with Crippen LogP contribution in [0.25, 0.3) is 5.78 Å². The molecule has 0 spiro atoms. The summed E-state index contributed by atoms with van der Waals surface area (Å²) in [6.07, 6.45) is 0. The molecule has 80 valence electrons. The Balaban J connectivity index is 2.41. The first-order valence-electron chi connectivity index (χ1n) is 4.71. The highest BCUT2D eigenvalue weighted by molar-refractivity contribution is 6.18. The first-order chi connectivity index (χ1) is 7.20. The molecule has 2 aromatic heterocycles. The number of nitrogens with one attached hydrogen (secondary N) is 1. The normalized spacial score (nSPS) is 10.9. The van der Waals surface area contributed by atoms with E-state index >= 15 is 0 Å². The maximum atomic E-state index is 5.57. The van der Waals surface area contributed by atoms with Gasteiger partial charge in [-0.2, -0.15) is 9.50 Å². The van der Waals surface area contributed by atoms with Gasteiger partial charge in [0.15, 0.2) is 0 Å². The Labute approximate surface area is 92.5 Å². The van der Waals surface area contributed by atoms with Crippen molar-refractivity contribution in [2.45, 2.75) is 13.8 Å². The summed E-state index contributed by atoms with van der Waals surface area (Å²) in [5.41, 5.74) is 1.96. The lowest BCUT2D eigenvalue weighted by molar-refractivity contribution is 0.884. The van der Waals surface area contributed by atoms with Crippen LogP contribution in [0.5, 0.6) is 0 Å². The fourth-order valence-corrected chi connectivity index (χ4v) is 1.49. The molecule has 0 fully saturated rings. The maximum Gasteiger partial charge on any atom is 0.254 e. The van der Waals surface area contributed by atoms with E-state index in [9.17, 15) is 0 Å². The zero-order chi connectivity index (χ0) is 10.8. The molecule has 2 aromatic rings. The van der Waals surface area contributed by atoms with Gasteiger partial charge in [-0.3, -0.25) is 0 Å². The van der Waals surface area contributed by atoms with Crippen LogP contribution in [0.3, 0.4) is 0 Å². The van der Waals surface area contributed by atoms with Crippen LogP contribution in [0.2, 0.25) is 0 Å². The topological polar surface area (TPSA) is 55.1 Å². The highest BCUT2D eigenvalue weighted by atomic mass is 35.5. The van der Waals surface area contributed by atoms with Crippen LogP contribution in [-0.4, -0.2) is 32.0 Å². The van der Waals surface area contributed by atoms with E-state index in [1.165, 1.54) is 0 Å². The van der Waals surface area contributed by atoms with Crippen LogP contribution in [0, 0.1) is 13.8 Å². The quantitative estimate of drug-likeness (QED) is 0.803. The second-order valence-corrected chi connectivity index (χ2v) is 3.68. The van der Waals surface area contributed by atoms with E-state index < -0.39 is 0 Å². The summed E-state index contributed by atoms with van der Waals surface area (Å²) in [7, 11) is 0. The first kappa shape index (κ1) is 10.2. The third-order valence-electron chi connectivity index (χ3n) is 2.00. The molecule has 0 saturated heterocycles. The summed E-state index contributed by atoms with van der Waals surface area (Å²) >= 11 is 5.57. The number of hydrogen-bond donors (Lipinski definition) is 1. The molecular weight excluding hydrogens is 214 g/mol. The number of rotatable bonds is 3. The number of alkyl halides is 1. The third-order valence-corrected chi connectivity index (χ3v) is 2.18. The van der Waals surface area contributed by atoms with Crippen molar-refractivity contribution in [1.29, 1.82) is 0 Å². The number of halogens is 1. The van der Waals surface area contributed by atoms with Crippen molar-refractivity contribution in [3.8, 4) is 0 Å². The van der Waals surface area contributed by atoms with Gasteiger partial charge in [-0.05, 0) is 19.9 Å². The lowest BCUT2D eigenvalue weighted by Crippen LogP contribution is -2.04. The second kappa shape index (κ2) is 4.02. The SMILES string of the molecule is Cc1cc(C)n2nc(NCCCl)nc2n1. The Morgan fingerprint density at radius 3 is 2.93 bits per heavy atom. The Hall–Kier alpha value is -1.36. The van der Waals surface area contributed by atoms with Crippen LogP contribution in [0.4, 0.5) is 5.95 Å². The predicted molar refractivity (Wildman–Crippen MR) is 59.5 cm³/mol. The minimum absolute atomic E-state index is 0.529. The molecule has 0 amide bonds. The van der Waals surface area contributed by atoms with Gasteiger partial charge in [0.2, 0.25) is 5.95 Å². The van der Waals surface area contributed by atoms with Crippen molar-refractivity contribution >= 4 is 23.3 Å². The zero-order valence-electron chi connectivity index (χ0n) is 8.66. The highest BCUT2D eigenvalue weighted by Crippen LogP contribution is 2.07. The molecule has 2 rings (SSSR count). The Kier molecular flexibility index (Phi) is 2.73. The lowest BCUT2D eigenvalue weighted by atomic mass is 10.4. The molecule has 0 aliphatic heterocycles. The summed E-state index contributed by atoms with van der Waals surface area (Å²) in [6.45, 7) is 4.56. The Morgan fingerprint density at radius 2 is 2.20 bits per heavy atom. The molecule has 0 aliphatic rings. The molecule has 0 bridgehead atoms.